The Labute approximate surface area is 156 Å². The Morgan fingerprint density at radius 2 is 1.92 bits per heavy atom. The first-order valence-electron chi connectivity index (χ1n) is 8.74. The van der Waals surface area contributed by atoms with Crippen LogP contribution in [0.1, 0.15) is 37.8 Å². The van der Waals surface area contributed by atoms with E-state index in [2.05, 4.69) is 28.4 Å². The summed E-state index contributed by atoms with van der Waals surface area (Å²) in [6.07, 6.45) is 5.56. The number of carbonyl (C=O) groups excluding carboxylic acids is 1. The van der Waals surface area contributed by atoms with Crippen LogP contribution in [-0.4, -0.2) is 41.1 Å². The lowest BCUT2D eigenvalue weighted by Crippen LogP contribution is -2.28. The summed E-state index contributed by atoms with van der Waals surface area (Å²) >= 11 is 0. The summed E-state index contributed by atoms with van der Waals surface area (Å²) in [5, 5.41) is 7.50. The van der Waals surface area contributed by atoms with Gasteiger partial charge in [-0.25, -0.2) is 0 Å². The van der Waals surface area contributed by atoms with Crippen molar-refractivity contribution in [2.45, 2.75) is 38.5 Å². The van der Waals surface area contributed by atoms with Crippen LogP contribution in [0.2, 0.25) is 0 Å². The van der Waals surface area contributed by atoms with Crippen molar-refractivity contribution < 1.29 is 4.79 Å². The molecule has 0 atom stereocenters. The van der Waals surface area contributed by atoms with Crippen LogP contribution in [0.15, 0.2) is 36.4 Å². The Bertz CT molecular complexity index is 615. The summed E-state index contributed by atoms with van der Waals surface area (Å²) in [6, 6.07) is 12.3. The smallest absolute Gasteiger partial charge is 0.222 e. The van der Waals surface area contributed by atoms with Gasteiger partial charge < -0.3 is 10.6 Å². The van der Waals surface area contributed by atoms with Gasteiger partial charge in [-0.05, 0) is 38.3 Å². The van der Waals surface area contributed by atoms with Crippen molar-refractivity contribution in [1.82, 2.24) is 15.1 Å². The number of benzene rings is 1. The van der Waals surface area contributed by atoms with Crippen LogP contribution in [0.5, 0.6) is 0 Å². The Morgan fingerprint density at radius 1 is 1.16 bits per heavy atom. The zero-order valence-corrected chi connectivity index (χ0v) is 15.7. The van der Waals surface area contributed by atoms with E-state index in [0.29, 0.717) is 13.0 Å². The molecule has 3 N–H and O–H groups in total. The van der Waals surface area contributed by atoms with E-state index in [1.165, 1.54) is 5.69 Å². The van der Waals surface area contributed by atoms with E-state index in [0.717, 1.165) is 49.9 Å². The minimum absolute atomic E-state index is 0. The number of rotatable bonds is 10. The van der Waals surface area contributed by atoms with Gasteiger partial charge in [0.05, 0.1) is 5.69 Å². The van der Waals surface area contributed by atoms with Gasteiger partial charge in [-0.15, -0.1) is 12.4 Å². The number of carbonyl (C=O) groups is 1. The Kier molecular flexibility index (Phi) is 9.88. The summed E-state index contributed by atoms with van der Waals surface area (Å²) in [5.74, 6) is 0.196. The van der Waals surface area contributed by atoms with Crippen molar-refractivity contribution in [3.05, 3.63) is 42.1 Å². The van der Waals surface area contributed by atoms with Gasteiger partial charge in [-0.3, -0.25) is 9.89 Å². The van der Waals surface area contributed by atoms with Crippen molar-refractivity contribution in [2.75, 3.05) is 20.1 Å². The molecule has 0 aliphatic carbocycles. The predicted octanol–water partition coefficient (Wildman–Crippen LogP) is 3.41. The van der Waals surface area contributed by atoms with Crippen molar-refractivity contribution >= 4 is 18.3 Å². The number of hydrogen-bond donors (Lipinski definition) is 2. The largest absolute Gasteiger partial charge is 0.346 e. The van der Waals surface area contributed by atoms with Gasteiger partial charge in [0.15, 0.2) is 0 Å². The van der Waals surface area contributed by atoms with E-state index in [-0.39, 0.29) is 18.3 Å². The van der Waals surface area contributed by atoms with Crippen molar-refractivity contribution in [3.8, 4) is 11.3 Å². The molecule has 6 heteroatoms. The number of nitrogens with one attached hydrogen (secondary N) is 1. The molecule has 1 heterocycles. The second-order valence-electron chi connectivity index (χ2n) is 6.16. The number of nitrogens with zero attached hydrogens (tertiary/aromatic N) is 2. The van der Waals surface area contributed by atoms with Crippen LogP contribution >= 0.6 is 12.4 Å². The molecule has 2 aromatic rings. The molecule has 0 aliphatic rings. The highest BCUT2D eigenvalue weighted by atomic mass is 35.5. The fraction of sp³-hybridized carbons (Fsp3) is 0.474. The third-order valence-corrected chi connectivity index (χ3v) is 4.16. The Hall–Kier alpha value is -1.85. The third kappa shape index (κ3) is 7.28. The van der Waals surface area contributed by atoms with E-state index >= 15 is 0 Å². The quantitative estimate of drug-likeness (QED) is 0.634. The maximum atomic E-state index is 11.8. The van der Waals surface area contributed by atoms with E-state index in [4.69, 9.17) is 5.73 Å². The Morgan fingerprint density at radius 3 is 2.64 bits per heavy atom. The lowest BCUT2D eigenvalue weighted by atomic mass is 10.1. The monoisotopic (exact) mass is 364 g/mol. The average Bonchev–Trinajstić information content (AvgIpc) is 3.09. The number of H-pyrrole nitrogens is 1. The number of aromatic nitrogens is 2. The normalized spacial score (nSPS) is 10.3. The van der Waals surface area contributed by atoms with Crippen LogP contribution in [-0.2, 0) is 11.2 Å². The number of aryl methyl sites for hydroxylation is 1. The molecule has 0 spiro atoms. The zero-order valence-electron chi connectivity index (χ0n) is 14.9. The molecule has 5 nitrogen and oxygen atoms in total. The van der Waals surface area contributed by atoms with Crippen LogP contribution in [0.3, 0.4) is 0 Å². The number of nitrogens with two attached hydrogens (primary N) is 1. The molecule has 0 saturated carbocycles. The fourth-order valence-electron chi connectivity index (χ4n) is 2.66. The first kappa shape index (κ1) is 21.2. The number of halogens is 1. The molecule has 1 amide bonds. The molecule has 2 rings (SSSR count). The highest BCUT2D eigenvalue weighted by Crippen LogP contribution is 2.17. The van der Waals surface area contributed by atoms with E-state index in [1.54, 1.807) is 0 Å². The van der Waals surface area contributed by atoms with Gasteiger partial charge in [-0.1, -0.05) is 36.8 Å². The first-order chi connectivity index (χ1) is 11.7. The van der Waals surface area contributed by atoms with E-state index in [9.17, 15) is 4.79 Å². The molecule has 0 bridgehead atoms. The molecule has 1 aromatic heterocycles. The third-order valence-electron chi connectivity index (χ3n) is 4.16. The van der Waals surface area contributed by atoms with Crippen LogP contribution < -0.4 is 5.73 Å². The number of hydrogen-bond acceptors (Lipinski definition) is 3. The minimum Gasteiger partial charge on any atom is -0.346 e. The van der Waals surface area contributed by atoms with Gasteiger partial charge in [0, 0.05) is 31.3 Å². The highest BCUT2D eigenvalue weighted by molar-refractivity contribution is 5.85. The lowest BCUT2D eigenvalue weighted by molar-refractivity contribution is -0.130. The SMILES string of the molecule is CN(CCCCCc1cc(-c2ccccc2)n[nH]1)C(=O)CCCN.Cl. The maximum absolute atomic E-state index is 11.8. The van der Waals surface area contributed by atoms with Crippen LogP contribution in [0.25, 0.3) is 11.3 Å². The lowest BCUT2D eigenvalue weighted by Gasteiger charge is -2.16. The number of aromatic amines is 1. The first-order valence-corrected chi connectivity index (χ1v) is 8.74. The maximum Gasteiger partial charge on any atom is 0.222 e. The van der Waals surface area contributed by atoms with Gasteiger partial charge in [0.1, 0.15) is 0 Å². The minimum atomic E-state index is 0. The standard InChI is InChI=1S/C19H28N4O.ClH/c1-23(19(24)12-8-13-20)14-7-3-6-11-17-15-18(22-21-17)16-9-4-2-5-10-16;/h2,4-5,9-10,15H,3,6-8,11-14,20H2,1H3,(H,21,22);1H. The zero-order chi connectivity index (χ0) is 17.2. The van der Waals surface area contributed by atoms with Crippen LogP contribution in [0, 0.1) is 0 Å². The van der Waals surface area contributed by atoms with Crippen LogP contribution in [0.4, 0.5) is 0 Å². The molecule has 0 saturated heterocycles. The molecule has 25 heavy (non-hydrogen) atoms. The average molecular weight is 365 g/mol. The summed E-state index contributed by atoms with van der Waals surface area (Å²) in [5.41, 5.74) is 8.73. The number of amides is 1. The molecule has 0 aliphatic heterocycles. The summed E-state index contributed by atoms with van der Waals surface area (Å²) < 4.78 is 0. The van der Waals surface area contributed by atoms with Gasteiger partial charge in [-0.2, -0.15) is 5.10 Å². The van der Waals surface area contributed by atoms with Gasteiger partial charge in [0.25, 0.3) is 0 Å². The second kappa shape index (κ2) is 11.7. The molecular formula is C19H29ClN4O. The topological polar surface area (TPSA) is 75.0 Å². The molecule has 0 fully saturated rings. The highest BCUT2D eigenvalue weighted by Gasteiger charge is 2.07. The Balaban J connectivity index is 0.00000312. The molecule has 0 unspecified atom stereocenters. The van der Waals surface area contributed by atoms with Gasteiger partial charge >= 0.3 is 0 Å². The van der Waals surface area contributed by atoms with E-state index in [1.807, 2.05) is 30.1 Å². The predicted molar refractivity (Wildman–Crippen MR) is 105 cm³/mol. The van der Waals surface area contributed by atoms with Gasteiger partial charge in [0.2, 0.25) is 5.91 Å². The van der Waals surface area contributed by atoms with Crippen molar-refractivity contribution in [2.24, 2.45) is 5.73 Å². The summed E-state index contributed by atoms with van der Waals surface area (Å²) in [7, 11) is 1.87. The second-order valence-corrected chi connectivity index (χ2v) is 6.16. The molecule has 1 aromatic carbocycles. The molecule has 0 radical (unpaired) electrons. The summed E-state index contributed by atoms with van der Waals surface area (Å²) in [4.78, 5) is 13.6. The number of unbranched alkanes of at least 4 members (excludes halogenated alkanes) is 2. The van der Waals surface area contributed by atoms with E-state index < -0.39 is 0 Å². The molecular weight excluding hydrogens is 336 g/mol. The fourth-order valence-corrected chi connectivity index (χ4v) is 2.66. The molecule has 138 valence electrons. The summed E-state index contributed by atoms with van der Waals surface area (Å²) in [6.45, 7) is 1.40. The van der Waals surface area contributed by atoms with Crippen molar-refractivity contribution in [1.29, 1.82) is 0 Å². The van der Waals surface area contributed by atoms with Crippen molar-refractivity contribution in [3.63, 3.8) is 0 Å².